The minimum atomic E-state index is 0.0480. The van der Waals surface area contributed by atoms with Gasteiger partial charge in [-0.1, -0.05) is 12.1 Å². The number of halogens is 2. The lowest BCUT2D eigenvalue weighted by Crippen LogP contribution is -2.13. The monoisotopic (exact) mass is 558 g/mol. The van der Waals surface area contributed by atoms with Gasteiger partial charge in [0.15, 0.2) is 10.9 Å². The van der Waals surface area contributed by atoms with Gasteiger partial charge in [0.2, 0.25) is 0 Å². The van der Waals surface area contributed by atoms with Gasteiger partial charge in [-0.05, 0) is 92.4 Å². The molecule has 0 unspecified atom stereocenters. The topological polar surface area (TPSA) is 34.1 Å². The van der Waals surface area contributed by atoms with Crippen molar-refractivity contribution < 1.29 is 0 Å². The maximum atomic E-state index is 13.3. The van der Waals surface area contributed by atoms with Crippen molar-refractivity contribution in [1.29, 1.82) is 0 Å². The molecule has 4 heteroatoms. The fourth-order valence-corrected chi connectivity index (χ4v) is 5.67. The second-order valence-electron chi connectivity index (χ2n) is 6.70. The second-order valence-corrected chi connectivity index (χ2v) is 9.11. The van der Waals surface area contributed by atoms with Gasteiger partial charge in [0, 0.05) is 50.6 Å². The Kier molecular flexibility index (Phi) is 2.89. The molecule has 0 fully saturated rings. The Bertz CT molecular complexity index is 1590. The van der Waals surface area contributed by atoms with Crippen molar-refractivity contribution in [1.82, 2.24) is 0 Å². The van der Waals surface area contributed by atoms with E-state index in [1.54, 1.807) is 0 Å². The van der Waals surface area contributed by atoms with Gasteiger partial charge in [-0.15, -0.1) is 0 Å². The predicted octanol–water partition coefficient (Wildman–Crippen LogP) is 5.65. The lowest BCUT2D eigenvalue weighted by Gasteiger charge is -2.21. The zero-order valence-electron chi connectivity index (χ0n) is 13.2. The molecule has 0 aromatic heterocycles. The summed E-state index contributed by atoms with van der Waals surface area (Å²) in [6, 6.07) is 15.7. The molecule has 0 heterocycles. The van der Waals surface area contributed by atoms with E-state index in [0.717, 1.165) is 39.8 Å². The predicted molar refractivity (Wildman–Crippen MR) is 125 cm³/mol. The molecule has 0 atom stereocenters. The van der Waals surface area contributed by atoms with Crippen molar-refractivity contribution in [2.24, 2.45) is 0 Å². The standard InChI is InChI=1S/C22H8I2O2/c23-10-7-9-1-2-13-19-17(9)15(8-10)22(26)14-4-3-11-16(24)6-5-12(21(13)25)18(11)20(14)19/h1-8H. The van der Waals surface area contributed by atoms with Crippen LogP contribution in [0.5, 0.6) is 0 Å². The van der Waals surface area contributed by atoms with Crippen LogP contribution in [0.15, 0.2) is 58.1 Å². The quantitative estimate of drug-likeness (QED) is 0.137. The molecule has 2 aliphatic rings. The first-order valence-electron chi connectivity index (χ1n) is 8.17. The first-order chi connectivity index (χ1) is 12.6. The zero-order chi connectivity index (χ0) is 17.7. The highest BCUT2D eigenvalue weighted by Gasteiger charge is 2.25. The Morgan fingerprint density at radius 3 is 2.00 bits per heavy atom. The molecule has 0 aliphatic heterocycles. The molecule has 122 valence electrons. The summed E-state index contributed by atoms with van der Waals surface area (Å²) in [5.74, 6) is 0. The molecule has 0 saturated heterocycles. The molecule has 2 nitrogen and oxygen atoms in total. The van der Waals surface area contributed by atoms with Crippen molar-refractivity contribution in [2.45, 2.75) is 0 Å². The number of rotatable bonds is 0. The van der Waals surface area contributed by atoms with E-state index < -0.39 is 0 Å². The molecule has 0 bridgehead atoms. The summed E-state index contributed by atoms with van der Waals surface area (Å²) >= 11 is 4.54. The maximum Gasteiger partial charge on any atom is 0.194 e. The molecule has 4 aromatic rings. The number of hydrogen-bond acceptors (Lipinski definition) is 2. The molecule has 6 rings (SSSR count). The zero-order valence-corrected chi connectivity index (χ0v) is 17.5. The molecule has 0 radical (unpaired) electrons. The summed E-state index contributed by atoms with van der Waals surface area (Å²) in [6.45, 7) is 0. The molecule has 0 N–H and O–H groups in total. The third-order valence-electron chi connectivity index (χ3n) is 5.44. The van der Waals surface area contributed by atoms with Crippen LogP contribution in [0.25, 0.3) is 54.2 Å². The Labute approximate surface area is 174 Å². The van der Waals surface area contributed by atoms with Gasteiger partial charge in [-0.2, -0.15) is 0 Å². The van der Waals surface area contributed by atoms with Gasteiger partial charge >= 0.3 is 0 Å². The fourth-order valence-electron chi connectivity index (χ4n) is 4.40. The fraction of sp³-hybridized carbons (Fsp3) is 0. The second kappa shape index (κ2) is 4.92. The molecule has 0 spiro atoms. The third-order valence-corrected chi connectivity index (χ3v) is 7.00. The number of hydrogen-bond donors (Lipinski definition) is 0. The van der Waals surface area contributed by atoms with Crippen LogP contribution in [0.2, 0.25) is 0 Å². The van der Waals surface area contributed by atoms with Crippen LogP contribution in [-0.2, 0) is 0 Å². The van der Waals surface area contributed by atoms with E-state index in [1.807, 2.05) is 42.5 Å². The highest BCUT2D eigenvalue weighted by molar-refractivity contribution is 14.1. The summed E-state index contributed by atoms with van der Waals surface area (Å²) in [7, 11) is 0. The Balaban J connectivity index is 2.15. The molecule has 0 saturated carbocycles. The lowest BCUT2D eigenvalue weighted by atomic mass is 9.81. The van der Waals surface area contributed by atoms with E-state index in [2.05, 4.69) is 51.2 Å². The van der Waals surface area contributed by atoms with Gasteiger partial charge in [0.25, 0.3) is 0 Å². The van der Waals surface area contributed by atoms with Crippen molar-refractivity contribution in [2.75, 3.05) is 0 Å². The lowest BCUT2D eigenvalue weighted by molar-refractivity contribution is 1.63. The van der Waals surface area contributed by atoms with E-state index in [1.165, 1.54) is 0 Å². The minimum Gasteiger partial charge on any atom is -0.289 e. The SMILES string of the molecule is O=c1c2ccc3c(I)ccc4c(=O)c5ccc6cc(I)cc1c6c5-c2c34. The van der Waals surface area contributed by atoms with E-state index in [9.17, 15) is 9.59 Å². The Morgan fingerprint density at radius 1 is 0.577 bits per heavy atom. The minimum absolute atomic E-state index is 0.0480. The van der Waals surface area contributed by atoms with Crippen LogP contribution in [0.4, 0.5) is 0 Å². The molecular weight excluding hydrogens is 550 g/mol. The van der Waals surface area contributed by atoms with Crippen LogP contribution in [-0.4, -0.2) is 0 Å². The van der Waals surface area contributed by atoms with Gasteiger partial charge < -0.3 is 0 Å². The van der Waals surface area contributed by atoms with E-state index in [-0.39, 0.29) is 10.9 Å². The van der Waals surface area contributed by atoms with Crippen molar-refractivity contribution >= 4 is 88.3 Å². The molecule has 26 heavy (non-hydrogen) atoms. The highest BCUT2D eigenvalue weighted by Crippen LogP contribution is 2.45. The average Bonchev–Trinajstić information content (AvgIpc) is 2.64. The molecule has 0 amide bonds. The first-order valence-corrected chi connectivity index (χ1v) is 10.3. The van der Waals surface area contributed by atoms with E-state index >= 15 is 0 Å². The maximum absolute atomic E-state index is 13.3. The van der Waals surface area contributed by atoms with Gasteiger partial charge in [-0.3, -0.25) is 9.59 Å². The van der Waals surface area contributed by atoms with Gasteiger partial charge in [0.05, 0.1) is 0 Å². The summed E-state index contributed by atoms with van der Waals surface area (Å²) in [5, 5.41) is 6.72. The summed E-state index contributed by atoms with van der Waals surface area (Å²) in [4.78, 5) is 26.5. The van der Waals surface area contributed by atoms with Crippen LogP contribution in [0.3, 0.4) is 0 Å². The summed E-state index contributed by atoms with van der Waals surface area (Å²) < 4.78 is 2.12. The number of benzene rings is 6. The Morgan fingerprint density at radius 2 is 1.19 bits per heavy atom. The third kappa shape index (κ3) is 1.67. The first kappa shape index (κ1) is 15.3. The average molecular weight is 558 g/mol. The van der Waals surface area contributed by atoms with Crippen LogP contribution in [0, 0.1) is 7.14 Å². The van der Waals surface area contributed by atoms with Crippen LogP contribution < -0.4 is 10.9 Å². The summed E-state index contributed by atoms with van der Waals surface area (Å²) in [5.41, 5.74) is 1.98. The van der Waals surface area contributed by atoms with Crippen molar-refractivity contribution in [3.63, 3.8) is 0 Å². The Hall–Kier alpha value is -1.80. The van der Waals surface area contributed by atoms with Crippen molar-refractivity contribution in [3.05, 3.63) is 76.1 Å². The summed E-state index contributed by atoms with van der Waals surface area (Å²) in [6.07, 6.45) is 0. The molecule has 2 aliphatic carbocycles. The normalized spacial score (nSPS) is 12.5. The smallest absolute Gasteiger partial charge is 0.194 e. The largest absolute Gasteiger partial charge is 0.289 e. The van der Waals surface area contributed by atoms with E-state index in [0.29, 0.717) is 21.5 Å². The molecular formula is C22H8I2O2. The van der Waals surface area contributed by atoms with Crippen molar-refractivity contribution in [3.8, 4) is 11.1 Å². The van der Waals surface area contributed by atoms with Crippen LogP contribution >= 0.6 is 45.2 Å². The highest BCUT2D eigenvalue weighted by atomic mass is 127. The van der Waals surface area contributed by atoms with Gasteiger partial charge in [0.1, 0.15) is 0 Å². The van der Waals surface area contributed by atoms with Crippen LogP contribution in [0.1, 0.15) is 0 Å². The van der Waals surface area contributed by atoms with Gasteiger partial charge in [-0.25, -0.2) is 0 Å². The van der Waals surface area contributed by atoms with E-state index in [4.69, 9.17) is 0 Å². The molecule has 4 aromatic carbocycles.